The number of rotatable bonds is 6. The number of nitrogens with zero attached hydrogens (tertiary/aromatic N) is 1. The normalized spacial score (nSPS) is 31.6. The van der Waals surface area contributed by atoms with Gasteiger partial charge in [0.05, 0.1) is 13.2 Å². The highest BCUT2D eigenvalue weighted by molar-refractivity contribution is 5.85. The number of hydrogen-bond donors (Lipinski definition) is 1. The van der Waals surface area contributed by atoms with E-state index in [1.165, 1.54) is 58.2 Å². The quantitative estimate of drug-likeness (QED) is 0.606. The van der Waals surface area contributed by atoms with Crippen molar-refractivity contribution >= 4 is 12.4 Å². The maximum Gasteiger partial charge on any atom is 0.0644 e. The van der Waals surface area contributed by atoms with Crippen molar-refractivity contribution < 1.29 is 4.74 Å². The summed E-state index contributed by atoms with van der Waals surface area (Å²) in [5.41, 5.74) is 6.27. The van der Waals surface area contributed by atoms with Crippen molar-refractivity contribution in [1.82, 2.24) is 4.90 Å². The summed E-state index contributed by atoms with van der Waals surface area (Å²) in [5.74, 6) is 1.43. The number of hydrogen-bond acceptors (Lipinski definition) is 3. The molecule has 4 heteroatoms. The minimum Gasteiger partial charge on any atom is -0.377 e. The van der Waals surface area contributed by atoms with Gasteiger partial charge in [0.15, 0.2) is 0 Å². The lowest BCUT2D eigenvalue weighted by Crippen LogP contribution is -2.45. The Balaban J connectivity index is 0.00000200. The van der Waals surface area contributed by atoms with Crippen molar-refractivity contribution in [3.05, 3.63) is 12.7 Å². The van der Waals surface area contributed by atoms with Gasteiger partial charge in [-0.1, -0.05) is 18.9 Å². The summed E-state index contributed by atoms with van der Waals surface area (Å²) in [6.45, 7) is 8.92. The highest BCUT2D eigenvalue weighted by Gasteiger charge is 2.27. The lowest BCUT2D eigenvalue weighted by atomic mass is 9.84. The van der Waals surface area contributed by atoms with Gasteiger partial charge in [0.25, 0.3) is 0 Å². The van der Waals surface area contributed by atoms with Crippen LogP contribution in [0.5, 0.6) is 0 Å². The third-order valence-electron chi connectivity index (χ3n) is 4.65. The molecule has 2 unspecified atom stereocenters. The topological polar surface area (TPSA) is 38.5 Å². The van der Waals surface area contributed by atoms with Crippen LogP contribution in [0.15, 0.2) is 12.7 Å². The minimum atomic E-state index is 0. The van der Waals surface area contributed by atoms with E-state index < -0.39 is 0 Å². The average Bonchev–Trinajstić information content (AvgIpc) is 2.42. The van der Waals surface area contributed by atoms with Gasteiger partial charge in [0, 0.05) is 19.1 Å². The summed E-state index contributed by atoms with van der Waals surface area (Å²) < 4.78 is 5.61. The molecule has 20 heavy (non-hydrogen) atoms. The van der Waals surface area contributed by atoms with Gasteiger partial charge in [-0.25, -0.2) is 0 Å². The maximum atomic E-state index is 6.27. The molecule has 0 aromatic heterocycles. The molecule has 0 spiro atoms. The molecule has 1 saturated heterocycles. The first-order valence-corrected chi connectivity index (χ1v) is 7.96. The van der Waals surface area contributed by atoms with E-state index in [9.17, 15) is 0 Å². The third kappa shape index (κ3) is 5.72. The van der Waals surface area contributed by atoms with Crippen molar-refractivity contribution in [3.63, 3.8) is 0 Å². The summed E-state index contributed by atoms with van der Waals surface area (Å²) >= 11 is 0. The first-order valence-electron chi connectivity index (χ1n) is 7.96. The largest absolute Gasteiger partial charge is 0.377 e. The Bertz CT molecular complexity index is 275. The van der Waals surface area contributed by atoms with E-state index in [0.717, 1.165) is 12.5 Å². The summed E-state index contributed by atoms with van der Waals surface area (Å²) in [6.07, 6.45) is 9.71. The van der Waals surface area contributed by atoms with E-state index >= 15 is 0 Å². The second kappa shape index (κ2) is 9.78. The molecular weight excluding hydrogens is 272 g/mol. The van der Waals surface area contributed by atoms with Crippen molar-refractivity contribution in [1.29, 1.82) is 0 Å². The molecule has 2 fully saturated rings. The average molecular weight is 303 g/mol. The smallest absolute Gasteiger partial charge is 0.0644 e. The number of ether oxygens (including phenoxy) is 1. The monoisotopic (exact) mass is 302 g/mol. The van der Waals surface area contributed by atoms with Crippen LogP contribution >= 0.6 is 12.4 Å². The van der Waals surface area contributed by atoms with Crippen molar-refractivity contribution in [2.45, 2.75) is 44.6 Å². The van der Waals surface area contributed by atoms with E-state index in [0.29, 0.717) is 18.6 Å². The van der Waals surface area contributed by atoms with Gasteiger partial charge in [-0.2, -0.15) is 0 Å². The number of halogens is 1. The number of likely N-dealkylation sites (tertiary alicyclic amines) is 1. The van der Waals surface area contributed by atoms with E-state index in [4.69, 9.17) is 10.5 Å². The second-order valence-corrected chi connectivity index (χ2v) is 6.30. The van der Waals surface area contributed by atoms with Crippen LogP contribution in [0, 0.1) is 11.8 Å². The Morgan fingerprint density at radius 3 is 2.75 bits per heavy atom. The van der Waals surface area contributed by atoms with Crippen LogP contribution in [0.1, 0.15) is 38.5 Å². The van der Waals surface area contributed by atoms with E-state index in [2.05, 4.69) is 11.5 Å². The zero-order chi connectivity index (χ0) is 13.5. The van der Waals surface area contributed by atoms with Gasteiger partial charge in [-0.05, 0) is 44.1 Å². The van der Waals surface area contributed by atoms with Crippen molar-refractivity contribution in [2.75, 3.05) is 32.8 Å². The Kier molecular flexibility index (Phi) is 8.78. The lowest BCUT2D eigenvalue weighted by molar-refractivity contribution is 0.0633. The molecule has 1 aliphatic carbocycles. The fourth-order valence-electron chi connectivity index (χ4n) is 3.57. The molecule has 1 aliphatic heterocycles. The van der Waals surface area contributed by atoms with Gasteiger partial charge in [0.1, 0.15) is 0 Å². The highest BCUT2D eigenvalue weighted by atomic mass is 35.5. The Labute approximate surface area is 130 Å². The van der Waals surface area contributed by atoms with Gasteiger partial charge >= 0.3 is 0 Å². The molecular formula is C16H31ClN2O. The van der Waals surface area contributed by atoms with Crippen LogP contribution in [-0.4, -0.2) is 43.8 Å². The van der Waals surface area contributed by atoms with Gasteiger partial charge in [0.2, 0.25) is 0 Å². The molecule has 3 nitrogen and oxygen atoms in total. The minimum absolute atomic E-state index is 0. The highest BCUT2D eigenvalue weighted by Crippen LogP contribution is 2.26. The predicted octanol–water partition coefficient (Wildman–Crippen LogP) is 2.84. The molecule has 0 aromatic rings. The van der Waals surface area contributed by atoms with Crippen molar-refractivity contribution in [3.8, 4) is 0 Å². The van der Waals surface area contributed by atoms with Crippen LogP contribution in [-0.2, 0) is 4.74 Å². The Hall–Kier alpha value is -0.0900. The molecule has 0 bridgehead atoms. The van der Waals surface area contributed by atoms with E-state index in [1.807, 2.05) is 6.08 Å². The van der Waals surface area contributed by atoms with E-state index in [1.54, 1.807) is 0 Å². The maximum absolute atomic E-state index is 6.27. The summed E-state index contributed by atoms with van der Waals surface area (Å²) in [7, 11) is 0. The molecule has 2 rings (SSSR count). The van der Waals surface area contributed by atoms with Gasteiger partial charge in [-0.3, -0.25) is 0 Å². The molecule has 1 heterocycles. The van der Waals surface area contributed by atoms with Crippen molar-refractivity contribution in [2.24, 2.45) is 17.6 Å². The molecule has 2 N–H and O–H groups in total. The van der Waals surface area contributed by atoms with Crippen LogP contribution in [0.3, 0.4) is 0 Å². The molecule has 1 saturated carbocycles. The standard InChI is InChI=1S/C16H30N2O.ClH/c1-2-10-19-13-14-6-5-9-18(11-14)12-15-7-3-4-8-16(15)17;/h2,14-16H,1,3-13,17H2;1H/t14-,15?,16?;/m0./s1. The second-order valence-electron chi connectivity index (χ2n) is 6.30. The predicted molar refractivity (Wildman–Crippen MR) is 87.4 cm³/mol. The third-order valence-corrected chi connectivity index (χ3v) is 4.65. The SMILES string of the molecule is C=CCOC[C@H]1CCCN(CC2CCCCC2N)C1.Cl. The molecule has 0 aromatic carbocycles. The Morgan fingerprint density at radius 2 is 2.00 bits per heavy atom. The first-order chi connectivity index (χ1) is 9.29. The summed E-state index contributed by atoms with van der Waals surface area (Å²) in [4.78, 5) is 2.63. The number of nitrogens with two attached hydrogens (primary N) is 1. The van der Waals surface area contributed by atoms with Crippen LogP contribution in [0.25, 0.3) is 0 Å². The zero-order valence-electron chi connectivity index (χ0n) is 12.6. The first kappa shape index (κ1) is 18.0. The van der Waals surface area contributed by atoms with Crippen LogP contribution in [0.2, 0.25) is 0 Å². The van der Waals surface area contributed by atoms with Gasteiger partial charge in [-0.15, -0.1) is 19.0 Å². The molecule has 118 valence electrons. The summed E-state index contributed by atoms with van der Waals surface area (Å²) in [6, 6.07) is 0.436. The molecule has 2 aliphatic rings. The fourth-order valence-corrected chi connectivity index (χ4v) is 3.57. The van der Waals surface area contributed by atoms with Crippen LogP contribution < -0.4 is 5.73 Å². The summed E-state index contributed by atoms with van der Waals surface area (Å²) in [5, 5.41) is 0. The zero-order valence-corrected chi connectivity index (χ0v) is 13.5. The fraction of sp³-hybridized carbons (Fsp3) is 0.875. The van der Waals surface area contributed by atoms with E-state index in [-0.39, 0.29) is 12.4 Å². The van der Waals surface area contributed by atoms with Gasteiger partial charge < -0.3 is 15.4 Å². The molecule has 0 radical (unpaired) electrons. The number of piperidine rings is 1. The Morgan fingerprint density at radius 1 is 1.20 bits per heavy atom. The molecule has 0 amide bonds. The lowest BCUT2D eigenvalue weighted by Gasteiger charge is -2.38. The molecule has 3 atom stereocenters. The van der Waals surface area contributed by atoms with Crippen LogP contribution in [0.4, 0.5) is 0 Å².